The van der Waals surface area contributed by atoms with Crippen LogP contribution >= 0.6 is 0 Å². The number of carboxylic acid groups (broad SMARTS) is 1. The first-order valence-electron chi connectivity index (χ1n) is 3.39. The molecule has 6 nitrogen and oxygen atoms in total. The number of hydrogen-bond donors (Lipinski definition) is 1. The molecule has 76 valence electrons. The summed E-state index contributed by atoms with van der Waals surface area (Å²) in [6.07, 6.45) is 0. The van der Waals surface area contributed by atoms with E-state index >= 15 is 0 Å². The molecular formula is C7H5NNa2O5S. The summed E-state index contributed by atoms with van der Waals surface area (Å²) in [6.45, 7) is 0. The minimum atomic E-state index is -4.67. The van der Waals surface area contributed by atoms with Crippen molar-refractivity contribution in [1.82, 2.24) is 0 Å². The van der Waals surface area contributed by atoms with Gasteiger partial charge in [0.15, 0.2) is 0 Å². The van der Waals surface area contributed by atoms with Gasteiger partial charge in [-0.1, -0.05) is 0 Å². The second kappa shape index (κ2) is 6.97. The molecule has 0 bridgehead atoms. The fourth-order valence-electron chi connectivity index (χ4n) is 0.868. The summed E-state index contributed by atoms with van der Waals surface area (Å²) in [6, 6.07) is 2.63. The van der Waals surface area contributed by atoms with Gasteiger partial charge in [-0.3, -0.25) is 0 Å². The van der Waals surface area contributed by atoms with Crippen molar-refractivity contribution in [2.24, 2.45) is 0 Å². The molecule has 0 saturated carbocycles. The average molecular weight is 261 g/mol. The minimum absolute atomic E-state index is 0. The largest absolute Gasteiger partial charge is 1.00 e. The quantitative estimate of drug-likeness (QED) is 0.320. The van der Waals surface area contributed by atoms with E-state index in [-0.39, 0.29) is 64.8 Å². The second-order valence-corrected chi connectivity index (χ2v) is 3.87. The number of aromatic carboxylic acids is 1. The Labute approximate surface area is 137 Å². The van der Waals surface area contributed by atoms with Crippen LogP contribution in [-0.2, 0) is 10.1 Å². The van der Waals surface area contributed by atoms with Gasteiger partial charge in [0.25, 0.3) is 0 Å². The van der Waals surface area contributed by atoms with Gasteiger partial charge in [-0.25, -0.2) is 8.42 Å². The Morgan fingerprint density at radius 2 is 1.75 bits per heavy atom. The van der Waals surface area contributed by atoms with E-state index in [9.17, 15) is 22.9 Å². The number of nitrogens with two attached hydrogens (primary N) is 1. The first-order chi connectivity index (χ1) is 6.32. The zero-order chi connectivity index (χ0) is 10.9. The van der Waals surface area contributed by atoms with E-state index in [4.69, 9.17) is 5.73 Å². The molecule has 0 fully saturated rings. The first kappa shape index (κ1) is 18.8. The standard InChI is InChI=1S/C7H7NO5S.2Na/c8-6-2-1-4(14(11,12)13)3-5(6)7(9)10;;/h1-3H,8H2,(H,9,10)(H,11,12,13);;/q;2*+1/p-2. The smallest absolute Gasteiger partial charge is 0.744 e. The molecule has 0 radical (unpaired) electrons. The Balaban J connectivity index is 0. The van der Waals surface area contributed by atoms with Crippen LogP contribution in [0, 0.1) is 0 Å². The minimum Gasteiger partial charge on any atom is -0.744 e. The van der Waals surface area contributed by atoms with E-state index in [1.54, 1.807) is 0 Å². The van der Waals surface area contributed by atoms with Crippen molar-refractivity contribution in [3.05, 3.63) is 23.8 Å². The van der Waals surface area contributed by atoms with Gasteiger partial charge in [-0.15, -0.1) is 0 Å². The second-order valence-electron chi connectivity index (χ2n) is 2.49. The molecule has 0 atom stereocenters. The van der Waals surface area contributed by atoms with Crippen molar-refractivity contribution in [2.75, 3.05) is 5.73 Å². The number of carboxylic acids is 1. The molecule has 1 aromatic rings. The van der Waals surface area contributed by atoms with Crippen LogP contribution < -0.4 is 70.0 Å². The molecule has 0 saturated heterocycles. The fraction of sp³-hybridized carbons (Fsp3) is 0. The number of hydrogen-bond acceptors (Lipinski definition) is 6. The summed E-state index contributed by atoms with van der Waals surface area (Å²) in [4.78, 5) is 9.77. The molecule has 0 aliphatic carbocycles. The summed E-state index contributed by atoms with van der Waals surface area (Å²) in [5.41, 5.74) is 4.55. The number of carbonyl (C=O) groups excluding carboxylic acids is 1. The molecule has 0 unspecified atom stereocenters. The van der Waals surface area contributed by atoms with Gasteiger partial charge >= 0.3 is 59.1 Å². The van der Waals surface area contributed by atoms with Gasteiger partial charge in [-0.05, 0) is 18.2 Å². The fourth-order valence-corrected chi connectivity index (χ4v) is 1.36. The molecular weight excluding hydrogens is 256 g/mol. The van der Waals surface area contributed by atoms with Gasteiger partial charge in [0.2, 0.25) is 0 Å². The Morgan fingerprint density at radius 3 is 2.12 bits per heavy atom. The number of rotatable bonds is 2. The van der Waals surface area contributed by atoms with Crippen molar-refractivity contribution >= 4 is 21.8 Å². The molecule has 0 spiro atoms. The maximum absolute atomic E-state index is 10.5. The average Bonchev–Trinajstić information content (AvgIpc) is 2.02. The molecule has 9 heteroatoms. The maximum atomic E-state index is 10.5. The summed E-state index contributed by atoms with van der Waals surface area (Å²) in [7, 11) is -4.67. The summed E-state index contributed by atoms with van der Waals surface area (Å²) in [5.74, 6) is -1.63. The van der Waals surface area contributed by atoms with Gasteiger partial charge in [0.05, 0.1) is 10.9 Å². The zero-order valence-corrected chi connectivity index (χ0v) is 13.6. The van der Waals surface area contributed by atoms with Crippen molar-refractivity contribution in [3.63, 3.8) is 0 Å². The van der Waals surface area contributed by atoms with E-state index in [0.717, 1.165) is 12.1 Å². The van der Waals surface area contributed by atoms with Gasteiger partial charge < -0.3 is 20.2 Å². The van der Waals surface area contributed by atoms with Crippen LogP contribution in [0.3, 0.4) is 0 Å². The Morgan fingerprint density at radius 1 is 1.25 bits per heavy atom. The van der Waals surface area contributed by atoms with Crippen LogP contribution in [0.4, 0.5) is 5.69 Å². The molecule has 0 heterocycles. The van der Waals surface area contributed by atoms with Gasteiger partial charge in [0.1, 0.15) is 10.1 Å². The van der Waals surface area contributed by atoms with Crippen molar-refractivity contribution in [3.8, 4) is 0 Å². The molecule has 0 aliphatic rings. The van der Waals surface area contributed by atoms with Crippen LogP contribution in [0.5, 0.6) is 0 Å². The molecule has 0 amide bonds. The molecule has 0 aromatic heterocycles. The summed E-state index contributed by atoms with van der Waals surface area (Å²) < 4.78 is 31.5. The monoisotopic (exact) mass is 261 g/mol. The van der Waals surface area contributed by atoms with Crippen LogP contribution in [0.25, 0.3) is 0 Å². The van der Waals surface area contributed by atoms with Crippen molar-refractivity contribution in [1.29, 1.82) is 0 Å². The van der Waals surface area contributed by atoms with Crippen LogP contribution in [0.15, 0.2) is 23.1 Å². The molecule has 16 heavy (non-hydrogen) atoms. The number of nitrogen functional groups attached to an aromatic ring is 1. The van der Waals surface area contributed by atoms with Crippen LogP contribution in [0.1, 0.15) is 10.4 Å². The van der Waals surface area contributed by atoms with Crippen LogP contribution in [-0.4, -0.2) is 18.9 Å². The van der Waals surface area contributed by atoms with E-state index < -0.39 is 26.5 Å². The zero-order valence-electron chi connectivity index (χ0n) is 8.76. The van der Waals surface area contributed by atoms with Gasteiger partial charge in [0, 0.05) is 11.3 Å². The number of carbonyl (C=O) groups is 1. The van der Waals surface area contributed by atoms with Crippen molar-refractivity contribution in [2.45, 2.75) is 4.90 Å². The van der Waals surface area contributed by atoms with E-state index in [2.05, 4.69) is 0 Å². The third-order valence-corrected chi connectivity index (χ3v) is 2.36. The third-order valence-electron chi connectivity index (χ3n) is 1.53. The predicted molar refractivity (Wildman–Crippen MR) is 43.1 cm³/mol. The van der Waals surface area contributed by atoms with Crippen LogP contribution in [0.2, 0.25) is 0 Å². The molecule has 0 aliphatic heterocycles. The van der Waals surface area contributed by atoms with Crippen molar-refractivity contribution < 1.29 is 82.0 Å². The van der Waals surface area contributed by atoms with E-state index in [1.807, 2.05) is 0 Å². The summed E-state index contributed by atoms with van der Waals surface area (Å²) >= 11 is 0. The number of benzene rings is 1. The van der Waals surface area contributed by atoms with Gasteiger partial charge in [-0.2, -0.15) is 0 Å². The maximum Gasteiger partial charge on any atom is 1.00 e. The van der Waals surface area contributed by atoms with E-state index in [1.165, 1.54) is 0 Å². The third kappa shape index (κ3) is 4.72. The Kier molecular flexibility index (Phi) is 8.17. The normalized spacial score (nSPS) is 9.81. The molecule has 2 N–H and O–H groups in total. The number of anilines is 1. The van der Waals surface area contributed by atoms with E-state index in [0.29, 0.717) is 6.07 Å². The first-order valence-corrected chi connectivity index (χ1v) is 4.80. The summed E-state index contributed by atoms with van der Waals surface area (Å²) in [5, 5.41) is 10.4. The Hall–Kier alpha value is 0.400. The topological polar surface area (TPSA) is 123 Å². The molecule has 1 aromatic carbocycles. The Bertz CT molecular complexity index is 488. The predicted octanol–water partition coefficient (Wildman–Crippen LogP) is -7.46. The molecule has 1 rings (SSSR count). The SMILES string of the molecule is Nc1ccc(S(=O)(=O)[O-])cc1C(=O)[O-].[Na+].[Na+].